The van der Waals surface area contributed by atoms with Crippen LogP contribution in [0.1, 0.15) is 39.2 Å². The number of hydrogen-bond donors (Lipinski definition) is 0. The molecule has 0 amide bonds. The first-order valence-corrected chi connectivity index (χ1v) is 13.5. The van der Waals surface area contributed by atoms with Crippen LogP contribution in [0.15, 0.2) is 104 Å². The highest BCUT2D eigenvalue weighted by Gasteiger charge is 2.51. The van der Waals surface area contributed by atoms with Crippen LogP contribution in [0, 0.1) is 5.21 Å². The van der Waals surface area contributed by atoms with Crippen molar-refractivity contribution in [3.05, 3.63) is 114 Å². The van der Waals surface area contributed by atoms with Crippen molar-refractivity contribution in [1.82, 2.24) is 0 Å². The highest BCUT2D eigenvalue weighted by Crippen LogP contribution is 2.37. The highest BCUT2D eigenvalue weighted by atomic mass is 28.4. The second-order valence-electron chi connectivity index (χ2n) is 9.40. The molecule has 0 N–H and O–H groups in total. The Morgan fingerprint density at radius 3 is 1.82 bits per heavy atom. The number of allylic oxidation sites excluding steroid dienone is 1. The lowest BCUT2D eigenvalue weighted by atomic mass is 10.2. The maximum absolute atomic E-state index is 13.0. The smallest absolute Gasteiger partial charge is 0.262 e. The summed E-state index contributed by atoms with van der Waals surface area (Å²) in [6.45, 7) is 11.0. The minimum absolute atomic E-state index is 0.150. The summed E-state index contributed by atoms with van der Waals surface area (Å²) in [4.78, 5) is 0. The minimum Gasteiger partial charge on any atom is -0.624 e. The van der Waals surface area contributed by atoms with E-state index in [1.54, 1.807) is 6.21 Å². The molecule has 0 heterocycles. The van der Waals surface area contributed by atoms with Crippen LogP contribution >= 0.6 is 0 Å². The third-order valence-corrected chi connectivity index (χ3v) is 11.0. The fraction of sp³-hybridized carbons (Fsp3) is 0.276. The molecule has 3 aromatic rings. The van der Waals surface area contributed by atoms with Gasteiger partial charge in [0.2, 0.25) is 0 Å². The van der Waals surface area contributed by atoms with Gasteiger partial charge in [0.05, 0.1) is 0 Å². The van der Waals surface area contributed by atoms with E-state index in [0.29, 0.717) is 13.0 Å². The molecule has 0 fully saturated rings. The molecule has 3 rings (SSSR count). The SMILES string of the molecule is C=CCC[C@H](/C=[N+](\[O-])Cc1ccccc1)O[Si](c1ccccc1)(c1ccccc1)C(C)(C)C. The zero-order valence-corrected chi connectivity index (χ0v) is 21.0. The first kappa shape index (κ1) is 24.7. The summed E-state index contributed by atoms with van der Waals surface area (Å²) in [5.74, 6) is 0. The van der Waals surface area contributed by atoms with Crippen LogP contribution in [-0.2, 0) is 11.0 Å². The zero-order valence-electron chi connectivity index (χ0n) is 20.0. The molecule has 0 radical (unpaired) electrons. The summed E-state index contributed by atoms with van der Waals surface area (Å²) in [5.41, 5.74) is 0.983. The molecule has 0 aliphatic heterocycles. The van der Waals surface area contributed by atoms with E-state index in [4.69, 9.17) is 4.43 Å². The van der Waals surface area contributed by atoms with Crippen molar-refractivity contribution in [2.24, 2.45) is 0 Å². The van der Waals surface area contributed by atoms with Gasteiger partial charge in [-0.1, -0.05) is 118 Å². The molecule has 172 valence electrons. The van der Waals surface area contributed by atoms with Gasteiger partial charge in [-0.05, 0) is 28.3 Å². The van der Waals surface area contributed by atoms with Crippen molar-refractivity contribution in [3.63, 3.8) is 0 Å². The van der Waals surface area contributed by atoms with Gasteiger partial charge in [-0.25, -0.2) is 4.74 Å². The predicted molar refractivity (Wildman–Crippen MR) is 142 cm³/mol. The van der Waals surface area contributed by atoms with Gasteiger partial charge in [0, 0.05) is 5.56 Å². The summed E-state index contributed by atoms with van der Waals surface area (Å²) < 4.78 is 8.19. The van der Waals surface area contributed by atoms with Gasteiger partial charge in [0.15, 0.2) is 12.8 Å². The second kappa shape index (κ2) is 11.3. The molecule has 3 nitrogen and oxygen atoms in total. The van der Waals surface area contributed by atoms with Crippen molar-refractivity contribution in [3.8, 4) is 0 Å². The number of hydrogen-bond acceptors (Lipinski definition) is 2. The number of nitrogens with zero attached hydrogens (tertiary/aromatic N) is 1. The molecule has 0 saturated heterocycles. The van der Waals surface area contributed by atoms with Gasteiger partial charge in [-0.3, -0.25) is 0 Å². The molecule has 3 aromatic carbocycles. The monoisotopic (exact) mass is 457 g/mol. The molecule has 0 unspecified atom stereocenters. The average Bonchev–Trinajstić information content (AvgIpc) is 2.81. The normalized spacial score (nSPS) is 13.5. The standard InChI is InChI=1S/C29H35NO2Si/c1-5-6-18-26(24-30(31)23-25-16-10-7-11-17-25)32-33(29(2,3)4,27-19-12-8-13-20-27)28-21-14-9-15-22-28/h5,7-17,19-22,24,26H,1,6,18,23H2,2-4H3/b30-24-/t26-/m1/s1. The third-order valence-electron chi connectivity index (χ3n) is 5.91. The molecule has 0 bridgehead atoms. The second-order valence-corrected chi connectivity index (χ2v) is 13.6. The molecule has 4 heteroatoms. The Kier molecular flexibility index (Phi) is 8.42. The molecule has 0 aliphatic carbocycles. The van der Waals surface area contributed by atoms with Gasteiger partial charge >= 0.3 is 0 Å². The van der Waals surface area contributed by atoms with Gasteiger partial charge in [0.1, 0.15) is 6.10 Å². The maximum Gasteiger partial charge on any atom is 0.262 e. The Morgan fingerprint density at radius 2 is 1.36 bits per heavy atom. The molecule has 0 spiro atoms. The van der Waals surface area contributed by atoms with E-state index in [2.05, 4.69) is 75.9 Å². The Labute approximate surface area is 199 Å². The summed E-state index contributed by atoms with van der Waals surface area (Å²) in [6.07, 6.45) is 4.77. The largest absolute Gasteiger partial charge is 0.624 e. The van der Waals surface area contributed by atoms with Gasteiger partial charge in [-0.15, -0.1) is 6.58 Å². The number of benzene rings is 3. The van der Waals surface area contributed by atoms with Crippen molar-refractivity contribution in [2.75, 3.05) is 0 Å². The lowest BCUT2D eigenvalue weighted by molar-refractivity contribution is -0.472. The Morgan fingerprint density at radius 1 is 0.879 bits per heavy atom. The molecule has 0 aliphatic rings. The van der Waals surface area contributed by atoms with Crippen LogP contribution < -0.4 is 10.4 Å². The van der Waals surface area contributed by atoms with E-state index in [1.165, 1.54) is 10.4 Å². The van der Waals surface area contributed by atoms with Crippen molar-refractivity contribution < 1.29 is 9.16 Å². The van der Waals surface area contributed by atoms with E-state index in [1.807, 2.05) is 48.5 Å². The van der Waals surface area contributed by atoms with Crippen LogP contribution in [0.2, 0.25) is 5.04 Å². The van der Waals surface area contributed by atoms with Gasteiger partial charge in [0.25, 0.3) is 8.32 Å². The lowest BCUT2D eigenvalue weighted by Crippen LogP contribution is -2.68. The summed E-state index contributed by atoms with van der Waals surface area (Å²) in [7, 11) is -2.75. The van der Waals surface area contributed by atoms with Gasteiger partial charge < -0.3 is 9.63 Å². The van der Waals surface area contributed by atoms with Crippen LogP contribution in [-0.4, -0.2) is 25.4 Å². The van der Waals surface area contributed by atoms with E-state index >= 15 is 0 Å². The zero-order chi connectivity index (χ0) is 23.7. The predicted octanol–water partition coefficient (Wildman–Crippen LogP) is 5.68. The number of rotatable bonds is 10. The van der Waals surface area contributed by atoms with Crippen molar-refractivity contribution in [2.45, 2.75) is 51.3 Å². The van der Waals surface area contributed by atoms with Gasteiger partial charge in [-0.2, -0.15) is 0 Å². The summed E-state index contributed by atoms with van der Waals surface area (Å²) in [6, 6.07) is 30.9. The molecule has 0 aromatic heterocycles. The maximum atomic E-state index is 13.0. The topological polar surface area (TPSA) is 35.3 Å². The Balaban J connectivity index is 2.07. The van der Waals surface area contributed by atoms with E-state index < -0.39 is 8.32 Å². The first-order valence-electron chi connectivity index (χ1n) is 11.6. The highest BCUT2D eigenvalue weighted by molar-refractivity contribution is 6.99. The van der Waals surface area contributed by atoms with E-state index in [0.717, 1.165) is 16.7 Å². The first-order chi connectivity index (χ1) is 15.9. The summed E-state index contributed by atoms with van der Waals surface area (Å²) in [5, 5.41) is 15.2. The lowest BCUT2D eigenvalue weighted by Gasteiger charge is -2.44. The van der Waals surface area contributed by atoms with E-state index in [-0.39, 0.29) is 11.1 Å². The van der Waals surface area contributed by atoms with Crippen LogP contribution in [0.3, 0.4) is 0 Å². The quantitative estimate of drug-likeness (QED) is 0.0980. The van der Waals surface area contributed by atoms with Crippen molar-refractivity contribution >= 4 is 24.9 Å². The minimum atomic E-state index is -2.75. The molecular weight excluding hydrogens is 422 g/mol. The van der Waals surface area contributed by atoms with Crippen LogP contribution in [0.25, 0.3) is 0 Å². The fourth-order valence-corrected chi connectivity index (χ4v) is 9.01. The fourth-order valence-electron chi connectivity index (χ4n) is 4.37. The molecule has 1 atom stereocenters. The van der Waals surface area contributed by atoms with E-state index in [9.17, 15) is 5.21 Å². The summed E-state index contributed by atoms with van der Waals surface area (Å²) >= 11 is 0. The van der Waals surface area contributed by atoms with Crippen molar-refractivity contribution in [1.29, 1.82) is 0 Å². The Hall–Kier alpha value is -2.95. The molecule has 33 heavy (non-hydrogen) atoms. The van der Waals surface area contributed by atoms with Crippen LogP contribution in [0.5, 0.6) is 0 Å². The molecule has 0 saturated carbocycles. The third kappa shape index (κ3) is 6.09. The van der Waals surface area contributed by atoms with Crippen LogP contribution in [0.4, 0.5) is 0 Å². The number of hydroxylamine groups is 1. The average molecular weight is 458 g/mol. The molecular formula is C29H35NO2Si. The Bertz CT molecular complexity index is 988.